The van der Waals surface area contributed by atoms with Crippen molar-refractivity contribution in [2.24, 2.45) is 0 Å². The van der Waals surface area contributed by atoms with Crippen molar-refractivity contribution in [3.63, 3.8) is 0 Å². The maximum atomic E-state index is 12.6. The van der Waals surface area contributed by atoms with E-state index in [4.69, 9.17) is 0 Å². The van der Waals surface area contributed by atoms with E-state index < -0.39 is 22.0 Å². The smallest absolute Gasteiger partial charge is 0.322 e. The van der Waals surface area contributed by atoms with Crippen molar-refractivity contribution in [3.05, 3.63) is 47.9 Å². The first-order valence-corrected chi connectivity index (χ1v) is 7.74. The van der Waals surface area contributed by atoms with Gasteiger partial charge in [-0.05, 0) is 11.1 Å². The van der Waals surface area contributed by atoms with Crippen LogP contribution in [0.4, 0.5) is 0 Å². The van der Waals surface area contributed by atoms with E-state index in [2.05, 4.69) is 9.97 Å². The van der Waals surface area contributed by atoms with Crippen LogP contribution in [0.15, 0.2) is 41.8 Å². The normalized spacial score (nSPS) is 19.1. The van der Waals surface area contributed by atoms with Gasteiger partial charge in [-0.2, -0.15) is 4.31 Å². The Morgan fingerprint density at radius 2 is 2.05 bits per heavy atom. The van der Waals surface area contributed by atoms with Gasteiger partial charge in [0.1, 0.15) is 6.04 Å². The Kier molecular flexibility index (Phi) is 3.26. The molecule has 1 aromatic carbocycles. The van der Waals surface area contributed by atoms with Gasteiger partial charge >= 0.3 is 5.97 Å². The number of carbonyl (C=O) groups is 1. The Morgan fingerprint density at radius 1 is 1.33 bits per heavy atom. The number of aromatic amines is 1. The summed E-state index contributed by atoms with van der Waals surface area (Å²) in [6.07, 6.45) is 2.58. The number of carboxylic acid groups (broad SMARTS) is 1. The van der Waals surface area contributed by atoms with Gasteiger partial charge in [0.05, 0.1) is 12.5 Å². The third-order valence-electron chi connectivity index (χ3n) is 3.55. The number of nitrogens with zero attached hydrogens (tertiary/aromatic N) is 2. The standard InChI is InChI=1S/C13H13N3O4S/c17-13(18)11-5-9-3-1-2-4-10(9)7-16(11)21(19,20)12-6-14-8-15-12/h1-4,6,8,11H,5,7H2,(H,14,15)(H,17,18)/t11-/m1/s1. The molecule has 0 saturated heterocycles. The van der Waals surface area contributed by atoms with Crippen LogP contribution in [-0.4, -0.2) is 39.8 Å². The van der Waals surface area contributed by atoms with E-state index in [0.29, 0.717) is 0 Å². The Labute approximate surface area is 121 Å². The van der Waals surface area contributed by atoms with Crippen LogP contribution in [0.25, 0.3) is 0 Å². The molecule has 7 nitrogen and oxygen atoms in total. The van der Waals surface area contributed by atoms with Gasteiger partial charge in [-0.15, -0.1) is 0 Å². The molecular weight excluding hydrogens is 294 g/mol. The molecule has 0 unspecified atom stereocenters. The summed E-state index contributed by atoms with van der Waals surface area (Å²) in [5.74, 6) is -1.16. The largest absolute Gasteiger partial charge is 0.480 e. The van der Waals surface area contributed by atoms with E-state index >= 15 is 0 Å². The second-order valence-electron chi connectivity index (χ2n) is 4.79. The molecule has 0 spiro atoms. The van der Waals surface area contributed by atoms with Crippen LogP contribution in [0.2, 0.25) is 0 Å². The van der Waals surface area contributed by atoms with E-state index in [9.17, 15) is 18.3 Å². The van der Waals surface area contributed by atoms with Gasteiger partial charge in [0.2, 0.25) is 0 Å². The first kappa shape index (κ1) is 13.8. The van der Waals surface area contributed by atoms with Crippen molar-refractivity contribution in [3.8, 4) is 0 Å². The monoisotopic (exact) mass is 307 g/mol. The summed E-state index contributed by atoms with van der Waals surface area (Å²) in [7, 11) is -3.92. The number of carboxylic acids is 1. The number of benzene rings is 1. The highest BCUT2D eigenvalue weighted by Gasteiger charge is 2.40. The van der Waals surface area contributed by atoms with Gasteiger partial charge in [-0.1, -0.05) is 24.3 Å². The zero-order valence-corrected chi connectivity index (χ0v) is 11.7. The van der Waals surface area contributed by atoms with E-state index in [1.54, 1.807) is 6.07 Å². The maximum Gasteiger partial charge on any atom is 0.322 e. The molecule has 1 aromatic heterocycles. The molecule has 21 heavy (non-hydrogen) atoms. The van der Waals surface area contributed by atoms with Crippen LogP contribution in [0.5, 0.6) is 0 Å². The van der Waals surface area contributed by atoms with Crippen LogP contribution in [0.1, 0.15) is 11.1 Å². The average Bonchev–Trinajstić information content (AvgIpc) is 3.00. The van der Waals surface area contributed by atoms with Crippen LogP contribution in [-0.2, 0) is 27.8 Å². The van der Waals surface area contributed by atoms with Gasteiger partial charge in [0.25, 0.3) is 10.0 Å². The molecule has 1 aliphatic heterocycles. The third kappa shape index (κ3) is 2.32. The Balaban J connectivity index is 2.06. The molecular formula is C13H13N3O4S. The predicted molar refractivity (Wildman–Crippen MR) is 72.9 cm³/mol. The molecule has 2 heterocycles. The Morgan fingerprint density at radius 3 is 2.67 bits per heavy atom. The second kappa shape index (κ2) is 4.97. The van der Waals surface area contributed by atoms with Crippen LogP contribution in [0, 0.1) is 0 Å². The summed E-state index contributed by atoms with van der Waals surface area (Å²) in [4.78, 5) is 17.7. The van der Waals surface area contributed by atoms with Gasteiger partial charge in [-0.3, -0.25) is 4.79 Å². The van der Waals surface area contributed by atoms with Gasteiger partial charge in [0, 0.05) is 13.0 Å². The highest BCUT2D eigenvalue weighted by molar-refractivity contribution is 7.89. The molecule has 8 heteroatoms. The van der Waals surface area contributed by atoms with Crippen molar-refractivity contribution in [2.45, 2.75) is 24.0 Å². The lowest BCUT2D eigenvalue weighted by atomic mass is 9.96. The van der Waals surface area contributed by atoms with Crippen molar-refractivity contribution in [1.82, 2.24) is 14.3 Å². The Bertz CT molecular complexity index is 770. The number of hydrogen-bond acceptors (Lipinski definition) is 4. The fourth-order valence-electron chi connectivity index (χ4n) is 2.47. The fraction of sp³-hybridized carbons (Fsp3) is 0.231. The van der Waals surface area contributed by atoms with Crippen molar-refractivity contribution >= 4 is 16.0 Å². The highest BCUT2D eigenvalue weighted by atomic mass is 32.2. The fourth-order valence-corrected chi connectivity index (χ4v) is 3.93. The molecule has 0 saturated carbocycles. The van der Waals surface area contributed by atoms with Crippen molar-refractivity contribution in [1.29, 1.82) is 0 Å². The lowest BCUT2D eigenvalue weighted by Crippen LogP contribution is -2.48. The summed E-state index contributed by atoms with van der Waals surface area (Å²) in [5, 5.41) is 9.26. The van der Waals surface area contributed by atoms with Crippen molar-refractivity contribution < 1.29 is 18.3 Å². The lowest BCUT2D eigenvalue weighted by Gasteiger charge is -2.32. The number of sulfonamides is 1. The topological polar surface area (TPSA) is 103 Å². The predicted octanol–water partition coefficient (Wildman–Crippen LogP) is 0.610. The van der Waals surface area contributed by atoms with E-state index in [1.165, 1.54) is 12.5 Å². The van der Waals surface area contributed by atoms with Gasteiger partial charge < -0.3 is 10.1 Å². The lowest BCUT2D eigenvalue weighted by molar-refractivity contribution is -0.141. The number of aliphatic carboxylic acids is 1. The summed E-state index contributed by atoms with van der Waals surface area (Å²) < 4.78 is 26.1. The quantitative estimate of drug-likeness (QED) is 0.864. The zero-order valence-electron chi connectivity index (χ0n) is 10.9. The molecule has 0 radical (unpaired) electrons. The SMILES string of the molecule is O=C(O)[C@H]1Cc2ccccc2CN1S(=O)(=O)c1cnc[nH]1. The summed E-state index contributed by atoms with van der Waals surface area (Å²) in [6, 6.07) is 6.14. The summed E-state index contributed by atoms with van der Waals surface area (Å²) in [6.45, 7) is 0.0362. The number of hydrogen-bond donors (Lipinski definition) is 2. The summed E-state index contributed by atoms with van der Waals surface area (Å²) >= 11 is 0. The number of aromatic nitrogens is 2. The summed E-state index contributed by atoms with van der Waals surface area (Å²) in [5.41, 5.74) is 1.68. The molecule has 2 N–H and O–H groups in total. The second-order valence-corrected chi connectivity index (χ2v) is 6.65. The number of nitrogens with one attached hydrogen (secondary N) is 1. The molecule has 0 amide bonds. The van der Waals surface area contributed by atoms with Gasteiger partial charge in [0.15, 0.2) is 5.03 Å². The zero-order chi connectivity index (χ0) is 15.0. The molecule has 1 aliphatic rings. The molecule has 3 rings (SSSR count). The van der Waals surface area contributed by atoms with E-state index in [0.717, 1.165) is 15.4 Å². The van der Waals surface area contributed by atoms with E-state index in [-0.39, 0.29) is 18.0 Å². The average molecular weight is 307 g/mol. The maximum absolute atomic E-state index is 12.6. The van der Waals surface area contributed by atoms with E-state index in [1.807, 2.05) is 18.2 Å². The molecule has 0 fully saturated rings. The highest BCUT2D eigenvalue weighted by Crippen LogP contribution is 2.28. The van der Waals surface area contributed by atoms with Crippen LogP contribution in [0.3, 0.4) is 0 Å². The molecule has 0 aliphatic carbocycles. The first-order valence-electron chi connectivity index (χ1n) is 6.30. The number of imidazole rings is 1. The molecule has 0 bridgehead atoms. The van der Waals surface area contributed by atoms with Crippen LogP contribution >= 0.6 is 0 Å². The minimum atomic E-state index is -3.92. The number of fused-ring (bicyclic) bond motifs is 1. The molecule has 110 valence electrons. The Hall–Kier alpha value is -2.19. The minimum absolute atomic E-state index is 0.0362. The van der Waals surface area contributed by atoms with Crippen LogP contribution < -0.4 is 0 Å². The molecule has 1 atom stereocenters. The number of H-pyrrole nitrogens is 1. The minimum Gasteiger partial charge on any atom is -0.480 e. The number of rotatable bonds is 3. The van der Waals surface area contributed by atoms with Gasteiger partial charge in [-0.25, -0.2) is 13.4 Å². The third-order valence-corrected chi connectivity index (χ3v) is 5.33. The first-order chi connectivity index (χ1) is 10.00. The molecule has 2 aromatic rings. The van der Waals surface area contributed by atoms with Crippen molar-refractivity contribution in [2.75, 3.05) is 0 Å².